The Balaban J connectivity index is 1.48. The van der Waals surface area contributed by atoms with Crippen molar-refractivity contribution in [1.29, 1.82) is 0 Å². The molecule has 1 aromatic carbocycles. The molecule has 0 aliphatic carbocycles. The van der Waals surface area contributed by atoms with E-state index in [1.54, 1.807) is 20.3 Å². The Morgan fingerprint density at radius 2 is 1.80 bits per heavy atom. The number of amides is 3. The molecular formula is C25H36N8O2. The van der Waals surface area contributed by atoms with Crippen molar-refractivity contribution in [3.63, 3.8) is 0 Å². The smallest absolute Gasteiger partial charge is 0.317 e. The van der Waals surface area contributed by atoms with Gasteiger partial charge in [-0.1, -0.05) is 12.1 Å². The van der Waals surface area contributed by atoms with Gasteiger partial charge in [0.2, 0.25) is 0 Å². The normalized spacial score (nSPS) is 19.3. The van der Waals surface area contributed by atoms with E-state index >= 15 is 0 Å². The predicted octanol–water partition coefficient (Wildman–Crippen LogP) is 2.37. The molecule has 2 aromatic rings. The Morgan fingerprint density at radius 1 is 1.09 bits per heavy atom. The fourth-order valence-electron chi connectivity index (χ4n) is 4.72. The first kappa shape index (κ1) is 24.7. The van der Waals surface area contributed by atoms with E-state index in [0.29, 0.717) is 24.1 Å². The molecule has 10 nitrogen and oxygen atoms in total. The fourth-order valence-corrected chi connectivity index (χ4v) is 4.72. The average molecular weight is 481 g/mol. The van der Waals surface area contributed by atoms with Gasteiger partial charge in [0.1, 0.15) is 5.82 Å². The number of hydrogen-bond donors (Lipinski definition) is 3. The van der Waals surface area contributed by atoms with Crippen LogP contribution in [0.2, 0.25) is 0 Å². The summed E-state index contributed by atoms with van der Waals surface area (Å²) >= 11 is 0. The lowest BCUT2D eigenvalue weighted by atomic mass is 9.89. The number of hydrogen-bond acceptors (Lipinski definition) is 7. The topological polar surface area (TPSA) is 120 Å². The first-order valence-corrected chi connectivity index (χ1v) is 12.3. The highest BCUT2D eigenvalue weighted by atomic mass is 16.2. The van der Waals surface area contributed by atoms with Crippen molar-refractivity contribution in [3.05, 3.63) is 41.7 Å². The molecule has 0 spiro atoms. The highest BCUT2D eigenvalue weighted by Crippen LogP contribution is 2.29. The van der Waals surface area contributed by atoms with Crippen LogP contribution >= 0.6 is 0 Å². The molecule has 0 bridgehead atoms. The van der Waals surface area contributed by atoms with Crippen LogP contribution in [0.3, 0.4) is 0 Å². The summed E-state index contributed by atoms with van der Waals surface area (Å²) < 4.78 is 0. The molecule has 3 amide bonds. The number of rotatable bonds is 6. The summed E-state index contributed by atoms with van der Waals surface area (Å²) in [5.41, 5.74) is 7.84. The molecule has 0 unspecified atom stereocenters. The molecule has 0 radical (unpaired) electrons. The zero-order chi connectivity index (χ0) is 24.9. The molecule has 1 aromatic heterocycles. The van der Waals surface area contributed by atoms with E-state index in [1.807, 2.05) is 12.1 Å². The summed E-state index contributed by atoms with van der Waals surface area (Å²) in [7, 11) is 5.61. The van der Waals surface area contributed by atoms with Gasteiger partial charge in [0.05, 0.1) is 6.20 Å². The van der Waals surface area contributed by atoms with Crippen LogP contribution in [0.25, 0.3) is 0 Å². The molecule has 2 fully saturated rings. The second-order valence-corrected chi connectivity index (χ2v) is 9.74. The van der Waals surface area contributed by atoms with Crippen LogP contribution < -0.4 is 21.3 Å². The van der Waals surface area contributed by atoms with Gasteiger partial charge in [-0.3, -0.25) is 4.79 Å². The van der Waals surface area contributed by atoms with Crippen LogP contribution in [-0.4, -0.2) is 85.1 Å². The van der Waals surface area contributed by atoms with Gasteiger partial charge in [0, 0.05) is 38.9 Å². The number of benzene rings is 1. The zero-order valence-electron chi connectivity index (χ0n) is 20.8. The number of carbonyl (C=O) groups is 2. The highest BCUT2D eigenvalue weighted by Gasteiger charge is 2.25. The number of carbonyl (C=O) groups excluding carboxylic acids is 2. The van der Waals surface area contributed by atoms with Gasteiger partial charge in [-0.25, -0.2) is 14.8 Å². The minimum Gasteiger partial charge on any atom is -0.364 e. The van der Waals surface area contributed by atoms with E-state index < -0.39 is 5.91 Å². The van der Waals surface area contributed by atoms with Crippen molar-refractivity contribution in [3.8, 4) is 0 Å². The molecule has 0 saturated carbocycles. The van der Waals surface area contributed by atoms with Gasteiger partial charge < -0.3 is 31.1 Å². The zero-order valence-corrected chi connectivity index (χ0v) is 20.8. The maximum atomic E-state index is 12.1. The van der Waals surface area contributed by atoms with E-state index in [0.717, 1.165) is 51.0 Å². The molecule has 2 saturated heterocycles. The largest absolute Gasteiger partial charge is 0.364 e. The molecule has 1 atom stereocenters. The second kappa shape index (κ2) is 10.9. The molecule has 3 heterocycles. The summed E-state index contributed by atoms with van der Waals surface area (Å²) in [6, 6.07) is 8.21. The van der Waals surface area contributed by atoms with Gasteiger partial charge in [-0.05, 0) is 69.4 Å². The Labute approximate surface area is 206 Å². The van der Waals surface area contributed by atoms with E-state index in [-0.39, 0.29) is 17.8 Å². The first-order chi connectivity index (χ1) is 16.8. The molecule has 10 heteroatoms. The lowest BCUT2D eigenvalue weighted by molar-refractivity contribution is 0.0996. The van der Waals surface area contributed by atoms with E-state index in [1.165, 1.54) is 10.5 Å². The number of piperidine rings is 2. The van der Waals surface area contributed by atoms with E-state index in [4.69, 9.17) is 10.7 Å². The van der Waals surface area contributed by atoms with Gasteiger partial charge in [0.25, 0.3) is 5.91 Å². The first-order valence-electron chi connectivity index (χ1n) is 12.3. The van der Waals surface area contributed by atoms with Gasteiger partial charge in [-0.15, -0.1) is 0 Å². The monoisotopic (exact) mass is 480 g/mol. The van der Waals surface area contributed by atoms with Crippen LogP contribution in [-0.2, 0) is 0 Å². The van der Waals surface area contributed by atoms with Gasteiger partial charge in [-0.2, -0.15) is 0 Å². The summed E-state index contributed by atoms with van der Waals surface area (Å²) in [4.78, 5) is 39.1. The number of primary amides is 1. The van der Waals surface area contributed by atoms with Crippen LogP contribution in [0.15, 0.2) is 30.5 Å². The molecule has 35 heavy (non-hydrogen) atoms. The minimum absolute atomic E-state index is 0.0137. The minimum atomic E-state index is -0.635. The average Bonchev–Trinajstić information content (AvgIpc) is 2.85. The number of nitrogens with zero attached hydrogens (tertiary/aromatic N) is 5. The molecule has 4 rings (SSSR count). The second-order valence-electron chi connectivity index (χ2n) is 9.74. The lowest BCUT2D eigenvalue weighted by Gasteiger charge is -2.34. The van der Waals surface area contributed by atoms with Crippen molar-refractivity contribution < 1.29 is 9.59 Å². The van der Waals surface area contributed by atoms with Crippen molar-refractivity contribution in [1.82, 2.24) is 25.1 Å². The van der Waals surface area contributed by atoms with E-state index in [2.05, 4.69) is 44.6 Å². The van der Waals surface area contributed by atoms with Gasteiger partial charge in [0.15, 0.2) is 11.5 Å². The Kier molecular flexibility index (Phi) is 7.70. The van der Waals surface area contributed by atoms with Crippen molar-refractivity contribution in [2.75, 3.05) is 57.5 Å². The molecule has 4 N–H and O–H groups in total. The van der Waals surface area contributed by atoms with E-state index in [9.17, 15) is 9.59 Å². The summed E-state index contributed by atoms with van der Waals surface area (Å²) in [6.07, 6.45) is 5.71. The standard InChI is InChI=1S/C25H36N8O2/c1-31(2)25(35)29-20-5-4-12-33(16-20)21-15-27-22(23(26)34)24(30-21)28-19-8-6-17(7-9-19)18-10-13-32(3)14-11-18/h6-9,15,18,20H,4-5,10-14,16H2,1-3H3,(H2,26,34)(H,28,30)(H,29,35)/t20-/m1/s1. The summed E-state index contributed by atoms with van der Waals surface area (Å²) in [5, 5.41) is 6.28. The highest BCUT2D eigenvalue weighted by molar-refractivity contribution is 5.96. The number of nitrogens with two attached hydrogens (primary N) is 1. The third-order valence-electron chi connectivity index (χ3n) is 6.84. The van der Waals surface area contributed by atoms with Crippen molar-refractivity contribution in [2.45, 2.75) is 37.6 Å². The van der Waals surface area contributed by atoms with Crippen LogP contribution in [0.5, 0.6) is 0 Å². The maximum Gasteiger partial charge on any atom is 0.317 e. The Bertz CT molecular complexity index is 1030. The van der Waals surface area contributed by atoms with Crippen molar-refractivity contribution >= 4 is 29.3 Å². The third-order valence-corrected chi connectivity index (χ3v) is 6.84. The number of urea groups is 1. The predicted molar refractivity (Wildman–Crippen MR) is 137 cm³/mol. The van der Waals surface area contributed by atoms with Gasteiger partial charge >= 0.3 is 6.03 Å². The lowest BCUT2D eigenvalue weighted by Crippen LogP contribution is -2.50. The Morgan fingerprint density at radius 3 is 2.46 bits per heavy atom. The molecule has 188 valence electrons. The van der Waals surface area contributed by atoms with Crippen LogP contribution in [0.1, 0.15) is 47.7 Å². The quantitative estimate of drug-likeness (QED) is 0.581. The molecule has 2 aliphatic rings. The summed E-state index contributed by atoms with van der Waals surface area (Å²) in [5.74, 6) is 0.916. The maximum absolute atomic E-state index is 12.1. The number of anilines is 3. The van der Waals surface area contributed by atoms with Crippen LogP contribution in [0.4, 0.5) is 22.1 Å². The summed E-state index contributed by atoms with van der Waals surface area (Å²) in [6.45, 7) is 3.65. The third kappa shape index (κ3) is 6.19. The number of nitrogens with one attached hydrogen (secondary N) is 2. The SMILES string of the molecule is CN1CCC(c2ccc(Nc3nc(N4CCC[C@@H](NC(=O)N(C)C)C4)cnc3C(N)=O)cc2)CC1. The number of aromatic nitrogens is 2. The number of likely N-dealkylation sites (tertiary alicyclic amines) is 1. The fraction of sp³-hybridized carbons (Fsp3) is 0.520. The van der Waals surface area contributed by atoms with Crippen LogP contribution in [0, 0.1) is 0 Å². The van der Waals surface area contributed by atoms with Crippen molar-refractivity contribution in [2.24, 2.45) is 5.73 Å². The Hall–Kier alpha value is -3.40. The molecular weight excluding hydrogens is 444 g/mol. The molecule has 2 aliphatic heterocycles.